The van der Waals surface area contributed by atoms with Crippen LogP contribution < -0.4 is 4.90 Å². The van der Waals surface area contributed by atoms with E-state index in [0.717, 1.165) is 35.5 Å². The zero-order valence-corrected chi connectivity index (χ0v) is 12.4. The Morgan fingerprint density at radius 1 is 1.50 bits per heavy atom. The van der Waals surface area contributed by atoms with Crippen LogP contribution in [0.3, 0.4) is 0 Å². The third kappa shape index (κ3) is 2.24. The number of aromatic nitrogens is 2. The van der Waals surface area contributed by atoms with Gasteiger partial charge >= 0.3 is 5.97 Å². The van der Waals surface area contributed by atoms with Gasteiger partial charge in [-0.1, -0.05) is 0 Å². The fourth-order valence-electron chi connectivity index (χ4n) is 2.84. The number of thiophene rings is 1. The van der Waals surface area contributed by atoms with Gasteiger partial charge in [0.05, 0.1) is 5.39 Å². The molecular formula is C14H17N3O2S. The van der Waals surface area contributed by atoms with Crippen molar-refractivity contribution in [3.63, 3.8) is 0 Å². The van der Waals surface area contributed by atoms with Crippen molar-refractivity contribution in [3.05, 3.63) is 16.8 Å². The Hall–Kier alpha value is -1.69. The second kappa shape index (κ2) is 5.01. The maximum Gasteiger partial charge on any atom is 0.303 e. The molecule has 0 bridgehead atoms. The predicted molar refractivity (Wildman–Crippen MR) is 79.5 cm³/mol. The highest BCUT2D eigenvalue weighted by Crippen LogP contribution is 2.36. The third-order valence-corrected chi connectivity index (χ3v) is 5.11. The van der Waals surface area contributed by atoms with E-state index in [1.807, 2.05) is 0 Å². The van der Waals surface area contributed by atoms with Crippen LogP contribution in [-0.2, 0) is 4.79 Å². The summed E-state index contributed by atoms with van der Waals surface area (Å²) in [7, 11) is 0. The van der Waals surface area contributed by atoms with Crippen LogP contribution in [0.15, 0.2) is 6.33 Å². The number of anilines is 1. The minimum atomic E-state index is -0.716. The quantitative estimate of drug-likeness (QED) is 0.941. The van der Waals surface area contributed by atoms with Crippen LogP contribution in [0, 0.1) is 19.8 Å². The number of nitrogens with zero attached hydrogens (tertiary/aromatic N) is 3. The van der Waals surface area contributed by atoms with E-state index in [0.29, 0.717) is 0 Å². The summed E-state index contributed by atoms with van der Waals surface area (Å²) in [6.07, 6.45) is 2.77. The fourth-order valence-corrected chi connectivity index (χ4v) is 3.83. The molecule has 0 aromatic carbocycles. The number of rotatable bonds is 3. The number of fused-ring (bicyclic) bond motifs is 1. The molecule has 2 aromatic heterocycles. The van der Waals surface area contributed by atoms with E-state index >= 15 is 0 Å². The molecule has 0 aliphatic carbocycles. The van der Waals surface area contributed by atoms with E-state index in [1.165, 1.54) is 10.4 Å². The second-order valence-electron chi connectivity index (χ2n) is 5.36. The molecule has 1 atom stereocenters. The van der Waals surface area contributed by atoms with Gasteiger partial charge in [-0.3, -0.25) is 4.79 Å². The fraction of sp³-hybridized carbons (Fsp3) is 0.500. The van der Waals surface area contributed by atoms with Crippen molar-refractivity contribution in [2.24, 2.45) is 5.92 Å². The lowest BCUT2D eigenvalue weighted by Gasteiger charge is -2.18. The highest BCUT2D eigenvalue weighted by Gasteiger charge is 2.27. The minimum Gasteiger partial charge on any atom is -0.481 e. The Morgan fingerprint density at radius 3 is 3.05 bits per heavy atom. The number of carboxylic acids is 1. The molecule has 106 valence electrons. The Kier molecular flexibility index (Phi) is 3.33. The summed E-state index contributed by atoms with van der Waals surface area (Å²) in [6.45, 7) is 5.85. The van der Waals surface area contributed by atoms with Gasteiger partial charge in [0.25, 0.3) is 0 Å². The van der Waals surface area contributed by atoms with E-state index in [1.54, 1.807) is 17.7 Å². The van der Waals surface area contributed by atoms with Crippen LogP contribution in [-0.4, -0.2) is 34.1 Å². The molecule has 1 unspecified atom stereocenters. The topological polar surface area (TPSA) is 66.3 Å². The molecule has 0 radical (unpaired) electrons. The van der Waals surface area contributed by atoms with Crippen molar-refractivity contribution in [1.82, 2.24) is 9.97 Å². The summed E-state index contributed by atoms with van der Waals surface area (Å²) >= 11 is 1.69. The van der Waals surface area contributed by atoms with Crippen LogP contribution in [0.1, 0.15) is 23.3 Å². The summed E-state index contributed by atoms with van der Waals surface area (Å²) in [4.78, 5) is 24.1. The number of aliphatic carboxylic acids is 1. The van der Waals surface area contributed by atoms with Gasteiger partial charge in [0.2, 0.25) is 0 Å². The molecule has 3 rings (SSSR count). The average molecular weight is 291 g/mol. The average Bonchev–Trinajstić information content (AvgIpc) is 2.95. The summed E-state index contributed by atoms with van der Waals surface area (Å²) in [5, 5.41) is 10.0. The highest BCUT2D eigenvalue weighted by atomic mass is 32.1. The lowest BCUT2D eigenvalue weighted by atomic mass is 10.1. The van der Waals surface area contributed by atoms with Gasteiger partial charge in [0, 0.05) is 24.4 Å². The van der Waals surface area contributed by atoms with Gasteiger partial charge in [-0.15, -0.1) is 11.3 Å². The standard InChI is InChI=1S/C14H17N3O2S/c1-8-9(2)20-14-12(8)13(15-7-16-14)17-4-3-10(6-17)5-11(18)19/h7,10H,3-6H2,1-2H3,(H,18,19). The molecule has 6 heteroatoms. The zero-order valence-electron chi connectivity index (χ0n) is 11.6. The van der Waals surface area contributed by atoms with Gasteiger partial charge in [-0.25, -0.2) is 9.97 Å². The molecule has 0 spiro atoms. The minimum absolute atomic E-state index is 0.220. The Bertz CT molecular complexity index is 668. The van der Waals surface area contributed by atoms with Gasteiger partial charge < -0.3 is 10.0 Å². The van der Waals surface area contributed by atoms with Crippen LogP contribution in [0.5, 0.6) is 0 Å². The van der Waals surface area contributed by atoms with Gasteiger partial charge in [-0.2, -0.15) is 0 Å². The lowest BCUT2D eigenvalue weighted by molar-refractivity contribution is -0.137. The number of aryl methyl sites for hydroxylation is 2. The number of carboxylic acid groups (broad SMARTS) is 1. The Morgan fingerprint density at radius 2 is 2.30 bits per heavy atom. The van der Waals surface area contributed by atoms with Gasteiger partial charge in [0.1, 0.15) is 17.0 Å². The molecule has 0 amide bonds. The van der Waals surface area contributed by atoms with Gasteiger partial charge in [0.15, 0.2) is 0 Å². The van der Waals surface area contributed by atoms with Crippen LogP contribution in [0.2, 0.25) is 0 Å². The first kappa shape index (κ1) is 13.3. The maximum absolute atomic E-state index is 10.8. The smallest absolute Gasteiger partial charge is 0.303 e. The highest BCUT2D eigenvalue weighted by molar-refractivity contribution is 7.18. The lowest BCUT2D eigenvalue weighted by Crippen LogP contribution is -2.22. The molecule has 1 aliphatic rings. The van der Waals surface area contributed by atoms with Crippen molar-refractivity contribution in [1.29, 1.82) is 0 Å². The third-order valence-electron chi connectivity index (χ3n) is 3.99. The SMILES string of the molecule is Cc1sc2ncnc(N3CCC(CC(=O)O)C3)c2c1C. The first-order valence-electron chi connectivity index (χ1n) is 6.73. The monoisotopic (exact) mass is 291 g/mol. The van der Waals surface area contributed by atoms with E-state index in [4.69, 9.17) is 5.11 Å². The molecule has 1 N–H and O–H groups in total. The Labute approximate surface area is 121 Å². The number of carbonyl (C=O) groups is 1. The molecule has 3 heterocycles. The number of hydrogen-bond donors (Lipinski definition) is 1. The predicted octanol–water partition coefficient (Wildman–Crippen LogP) is 2.61. The zero-order chi connectivity index (χ0) is 14.3. The molecule has 1 aliphatic heterocycles. The summed E-state index contributed by atoms with van der Waals surface area (Å²) in [6, 6.07) is 0. The van der Waals surface area contributed by atoms with Gasteiger partial charge in [-0.05, 0) is 31.7 Å². The van der Waals surface area contributed by atoms with Crippen molar-refractivity contribution >= 4 is 33.3 Å². The van der Waals surface area contributed by atoms with Crippen LogP contribution >= 0.6 is 11.3 Å². The number of hydrogen-bond acceptors (Lipinski definition) is 5. The molecule has 20 heavy (non-hydrogen) atoms. The van der Waals surface area contributed by atoms with Crippen LogP contribution in [0.25, 0.3) is 10.2 Å². The van der Waals surface area contributed by atoms with Crippen molar-refractivity contribution in [2.75, 3.05) is 18.0 Å². The molecule has 1 saturated heterocycles. The summed E-state index contributed by atoms with van der Waals surface area (Å²) in [5.41, 5.74) is 1.24. The normalized spacial score (nSPS) is 18.9. The molecule has 5 nitrogen and oxygen atoms in total. The van der Waals surface area contributed by atoms with Crippen molar-refractivity contribution < 1.29 is 9.90 Å². The van der Waals surface area contributed by atoms with E-state index < -0.39 is 5.97 Å². The Balaban J connectivity index is 1.93. The van der Waals surface area contributed by atoms with E-state index in [2.05, 4.69) is 28.7 Å². The molecular weight excluding hydrogens is 274 g/mol. The van der Waals surface area contributed by atoms with Crippen molar-refractivity contribution in [3.8, 4) is 0 Å². The largest absolute Gasteiger partial charge is 0.481 e. The molecule has 0 saturated carbocycles. The first-order valence-corrected chi connectivity index (χ1v) is 7.55. The van der Waals surface area contributed by atoms with E-state index in [-0.39, 0.29) is 12.3 Å². The molecule has 1 fully saturated rings. The maximum atomic E-state index is 10.8. The second-order valence-corrected chi connectivity index (χ2v) is 6.56. The summed E-state index contributed by atoms with van der Waals surface area (Å²) in [5.74, 6) is 0.467. The first-order chi connectivity index (χ1) is 9.56. The molecule has 2 aromatic rings. The van der Waals surface area contributed by atoms with Crippen molar-refractivity contribution in [2.45, 2.75) is 26.7 Å². The van der Waals surface area contributed by atoms with Crippen LogP contribution in [0.4, 0.5) is 5.82 Å². The summed E-state index contributed by atoms with van der Waals surface area (Å²) < 4.78 is 0. The van der Waals surface area contributed by atoms with E-state index in [9.17, 15) is 4.79 Å².